The van der Waals surface area contributed by atoms with Gasteiger partial charge in [0.2, 0.25) is 0 Å². The Labute approximate surface area is 120 Å². The summed E-state index contributed by atoms with van der Waals surface area (Å²) in [5.74, 6) is -0.988. The van der Waals surface area contributed by atoms with Gasteiger partial charge in [-0.2, -0.15) is 13.2 Å². The first kappa shape index (κ1) is 17.2. The van der Waals surface area contributed by atoms with Crippen LogP contribution in [0.2, 0.25) is 0 Å². The number of alkyl halides is 3. The van der Waals surface area contributed by atoms with Crippen LogP contribution in [-0.2, 0) is 6.18 Å². The third-order valence-electron chi connectivity index (χ3n) is 2.83. The second-order valence-electron chi connectivity index (χ2n) is 4.52. The molecule has 1 aromatic rings. The van der Waals surface area contributed by atoms with Crippen molar-refractivity contribution in [2.24, 2.45) is 5.73 Å². The summed E-state index contributed by atoms with van der Waals surface area (Å²) in [4.78, 5) is 14.6. The van der Waals surface area contributed by atoms with E-state index >= 15 is 0 Å². The van der Waals surface area contributed by atoms with Crippen molar-refractivity contribution in [1.82, 2.24) is 4.98 Å². The summed E-state index contributed by atoms with van der Waals surface area (Å²) in [6.07, 6.45) is -1.55. The zero-order valence-electron chi connectivity index (χ0n) is 11.4. The van der Waals surface area contributed by atoms with Gasteiger partial charge in [-0.15, -0.1) is 0 Å². The highest BCUT2D eigenvalue weighted by Gasteiger charge is 2.33. The number of amides is 1. The van der Waals surface area contributed by atoms with E-state index in [0.29, 0.717) is 19.4 Å². The van der Waals surface area contributed by atoms with Gasteiger partial charge in [0, 0.05) is 13.2 Å². The molecule has 0 saturated carbocycles. The van der Waals surface area contributed by atoms with Gasteiger partial charge in [-0.05, 0) is 25.0 Å². The van der Waals surface area contributed by atoms with E-state index in [-0.39, 0.29) is 18.0 Å². The largest absolute Gasteiger partial charge is 0.433 e. The van der Waals surface area contributed by atoms with E-state index in [0.717, 1.165) is 25.0 Å². The van der Waals surface area contributed by atoms with E-state index in [1.807, 2.05) is 0 Å². The van der Waals surface area contributed by atoms with E-state index in [4.69, 9.17) is 10.8 Å². The lowest BCUT2D eigenvalue weighted by atomic mass is 10.2. The maximum Gasteiger partial charge on any atom is 0.433 e. The second-order valence-corrected chi connectivity index (χ2v) is 4.52. The Hall–Kier alpha value is -1.83. The van der Waals surface area contributed by atoms with Gasteiger partial charge in [-0.3, -0.25) is 4.79 Å². The van der Waals surface area contributed by atoms with Gasteiger partial charge >= 0.3 is 6.18 Å². The Morgan fingerprint density at radius 1 is 1.24 bits per heavy atom. The van der Waals surface area contributed by atoms with E-state index < -0.39 is 17.8 Å². The minimum atomic E-state index is -4.58. The third kappa shape index (κ3) is 5.58. The molecule has 118 valence electrons. The Bertz CT molecular complexity index is 478. The van der Waals surface area contributed by atoms with Crippen molar-refractivity contribution in [2.45, 2.75) is 31.9 Å². The van der Waals surface area contributed by atoms with Gasteiger partial charge in [0.05, 0.1) is 5.56 Å². The molecule has 5 nitrogen and oxygen atoms in total. The highest BCUT2D eigenvalue weighted by Crippen LogP contribution is 2.29. The molecule has 1 aromatic heterocycles. The molecule has 0 bridgehead atoms. The van der Waals surface area contributed by atoms with Crippen molar-refractivity contribution in [3.63, 3.8) is 0 Å². The van der Waals surface area contributed by atoms with Gasteiger partial charge in [-0.25, -0.2) is 4.98 Å². The van der Waals surface area contributed by atoms with Gasteiger partial charge in [-0.1, -0.05) is 12.8 Å². The zero-order chi connectivity index (χ0) is 15.9. The number of aliphatic hydroxyl groups excluding tert-OH is 1. The fourth-order valence-corrected chi connectivity index (χ4v) is 1.75. The van der Waals surface area contributed by atoms with Gasteiger partial charge in [0.15, 0.2) is 0 Å². The molecule has 4 N–H and O–H groups in total. The van der Waals surface area contributed by atoms with Crippen molar-refractivity contribution in [3.05, 3.63) is 23.4 Å². The van der Waals surface area contributed by atoms with Crippen LogP contribution in [0, 0.1) is 0 Å². The first-order chi connectivity index (χ1) is 9.86. The van der Waals surface area contributed by atoms with Crippen LogP contribution < -0.4 is 11.1 Å². The normalized spacial score (nSPS) is 11.4. The molecule has 0 unspecified atom stereocenters. The zero-order valence-corrected chi connectivity index (χ0v) is 11.4. The first-order valence-electron chi connectivity index (χ1n) is 6.59. The maximum absolute atomic E-state index is 12.6. The number of primary amides is 1. The van der Waals surface area contributed by atoms with Crippen molar-refractivity contribution < 1.29 is 23.1 Å². The number of nitrogens with zero attached hydrogens (tertiary/aromatic N) is 1. The monoisotopic (exact) mass is 305 g/mol. The number of halogens is 3. The smallest absolute Gasteiger partial charge is 0.396 e. The summed E-state index contributed by atoms with van der Waals surface area (Å²) in [5.41, 5.74) is 3.97. The third-order valence-corrected chi connectivity index (χ3v) is 2.83. The molecule has 0 aliphatic carbocycles. The number of hydrogen-bond acceptors (Lipinski definition) is 4. The summed E-state index contributed by atoms with van der Waals surface area (Å²) in [5, 5.41) is 11.3. The Morgan fingerprint density at radius 2 is 1.90 bits per heavy atom. The van der Waals surface area contributed by atoms with Gasteiger partial charge in [0.1, 0.15) is 11.5 Å². The summed E-state index contributed by atoms with van der Waals surface area (Å²) in [6.45, 7) is 0.494. The van der Waals surface area contributed by atoms with Crippen LogP contribution in [0.4, 0.5) is 19.0 Å². The summed E-state index contributed by atoms with van der Waals surface area (Å²) in [6, 6.07) is 1.75. The molecule has 21 heavy (non-hydrogen) atoms. The molecular weight excluding hydrogens is 287 g/mol. The fourth-order valence-electron chi connectivity index (χ4n) is 1.75. The summed E-state index contributed by atoms with van der Waals surface area (Å²) < 4.78 is 37.8. The quantitative estimate of drug-likeness (QED) is 0.642. The van der Waals surface area contributed by atoms with E-state index in [9.17, 15) is 18.0 Å². The highest BCUT2D eigenvalue weighted by atomic mass is 19.4. The van der Waals surface area contributed by atoms with Crippen LogP contribution >= 0.6 is 0 Å². The molecular formula is C13H18F3N3O2. The van der Waals surface area contributed by atoms with Crippen LogP contribution in [-0.4, -0.2) is 29.1 Å². The number of rotatable bonds is 8. The number of anilines is 1. The SMILES string of the molecule is NC(=O)c1ccc(C(F)(F)F)nc1NCCCCCCO. The standard InChI is InChI=1S/C13H18F3N3O2/c14-13(15,16)10-6-5-9(11(17)21)12(19-10)18-7-3-1-2-4-8-20/h5-6,20H,1-4,7-8H2,(H2,17,21)(H,18,19). The molecule has 0 spiro atoms. The summed E-state index contributed by atoms with van der Waals surface area (Å²) >= 11 is 0. The van der Waals surface area contributed by atoms with Crippen LogP contribution in [0.5, 0.6) is 0 Å². The number of aromatic nitrogens is 1. The first-order valence-corrected chi connectivity index (χ1v) is 6.59. The average molecular weight is 305 g/mol. The average Bonchev–Trinajstić information content (AvgIpc) is 2.41. The van der Waals surface area contributed by atoms with Gasteiger partial charge < -0.3 is 16.2 Å². The molecule has 0 radical (unpaired) electrons. The van der Waals surface area contributed by atoms with Crippen LogP contribution in [0.1, 0.15) is 41.7 Å². The Kier molecular flexibility index (Phi) is 6.41. The lowest BCUT2D eigenvalue weighted by Crippen LogP contribution is -2.18. The van der Waals surface area contributed by atoms with E-state index in [1.165, 1.54) is 0 Å². The predicted molar refractivity (Wildman–Crippen MR) is 71.8 cm³/mol. The van der Waals surface area contributed by atoms with Crippen molar-refractivity contribution in [1.29, 1.82) is 0 Å². The van der Waals surface area contributed by atoms with Crippen molar-refractivity contribution in [3.8, 4) is 0 Å². The van der Waals surface area contributed by atoms with Crippen molar-refractivity contribution >= 4 is 11.7 Å². The molecule has 0 aliphatic heterocycles. The van der Waals surface area contributed by atoms with Crippen LogP contribution in [0.3, 0.4) is 0 Å². The highest BCUT2D eigenvalue weighted by molar-refractivity contribution is 5.97. The van der Waals surface area contributed by atoms with E-state index in [2.05, 4.69) is 10.3 Å². The Morgan fingerprint density at radius 3 is 2.48 bits per heavy atom. The van der Waals surface area contributed by atoms with Crippen LogP contribution in [0.25, 0.3) is 0 Å². The molecule has 1 amide bonds. The molecule has 0 saturated heterocycles. The Balaban J connectivity index is 2.71. The lowest BCUT2D eigenvalue weighted by Gasteiger charge is -2.12. The van der Waals surface area contributed by atoms with E-state index in [1.54, 1.807) is 0 Å². The number of nitrogens with one attached hydrogen (secondary N) is 1. The number of nitrogens with two attached hydrogens (primary N) is 1. The molecule has 0 aromatic carbocycles. The molecule has 8 heteroatoms. The van der Waals surface area contributed by atoms with Crippen LogP contribution in [0.15, 0.2) is 12.1 Å². The number of aliphatic hydroxyl groups is 1. The van der Waals surface area contributed by atoms with Gasteiger partial charge in [0.25, 0.3) is 5.91 Å². The molecule has 1 rings (SSSR count). The number of carbonyl (C=O) groups is 1. The topological polar surface area (TPSA) is 88.2 Å². The number of pyridine rings is 1. The molecule has 1 heterocycles. The summed E-state index contributed by atoms with van der Waals surface area (Å²) in [7, 11) is 0. The van der Waals surface area contributed by atoms with Crippen molar-refractivity contribution in [2.75, 3.05) is 18.5 Å². The fraction of sp³-hybridized carbons (Fsp3) is 0.538. The maximum atomic E-state index is 12.6. The molecule has 0 aliphatic rings. The lowest BCUT2D eigenvalue weighted by molar-refractivity contribution is -0.141. The number of hydrogen-bond donors (Lipinski definition) is 3. The molecule has 0 atom stereocenters. The number of unbranched alkanes of at least 4 members (excludes halogenated alkanes) is 3. The number of carbonyl (C=O) groups excluding carboxylic acids is 1. The molecule has 0 fully saturated rings. The minimum absolute atomic E-state index is 0.0710. The second kappa shape index (κ2) is 7.82. The predicted octanol–water partition coefficient (Wildman–Crippen LogP) is 2.16. The minimum Gasteiger partial charge on any atom is -0.396 e.